The minimum absolute atomic E-state index is 0.377. The lowest BCUT2D eigenvalue weighted by molar-refractivity contribution is -0.132. The molecule has 74 valence electrons. The van der Waals surface area contributed by atoms with Gasteiger partial charge in [0.2, 0.25) is 5.91 Å². The number of amides is 1. The standard InChI is InChI=1S/C10H17NOS/c1-10(2-3-10)8-9(12)11-4-6-13-7-5-11/h2-8H2,1H3. The van der Waals surface area contributed by atoms with Crippen molar-refractivity contribution in [3.63, 3.8) is 0 Å². The minimum atomic E-state index is 0.377. The first-order valence-corrected chi connectivity index (χ1v) is 6.21. The summed E-state index contributed by atoms with van der Waals surface area (Å²) in [5, 5.41) is 0. The molecule has 2 fully saturated rings. The quantitative estimate of drug-likeness (QED) is 0.675. The highest BCUT2D eigenvalue weighted by molar-refractivity contribution is 7.99. The zero-order chi connectivity index (χ0) is 9.31. The normalized spacial score (nSPS) is 25.8. The SMILES string of the molecule is CC1(CC(=O)N2CCSCC2)CC1. The summed E-state index contributed by atoms with van der Waals surface area (Å²) < 4.78 is 0. The van der Waals surface area contributed by atoms with E-state index in [0.29, 0.717) is 11.3 Å². The van der Waals surface area contributed by atoms with Gasteiger partial charge in [-0.25, -0.2) is 0 Å². The molecule has 0 aromatic heterocycles. The highest BCUT2D eigenvalue weighted by Crippen LogP contribution is 2.48. The van der Waals surface area contributed by atoms with E-state index in [9.17, 15) is 4.79 Å². The minimum Gasteiger partial charge on any atom is -0.341 e. The van der Waals surface area contributed by atoms with Gasteiger partial charge in [-0.05, 0) is 18.3 Å². The van der Waals surface area contributed by atoms with Crippen molar-refractivity contribution in [3.8, 4) is 0 Å². The number of carbonyl (C=O) groups excluding carboxylic acids is 1. The van der Waals surface area contributed by atoms with Crippen molar-refractivity contribution < 1.29 is 4.79 Å². The smallest absolute Gasteiger partial charge is 0.223 e. The maximum atomic E-state index is 11.8. The molecule has 2 aliphatic rings. The predicted molar refractivity (Wildman–Crippen MR) is 55.9 cm³/mol. The highest BCUT2D eigenvalue weighted by atomic mass is 32.2. The molecule has 2 nitrogen and oxygen atoms in total. The Labute approximate surface area is 84.1 Å². The van der Waals surface area contributed by atoms with Crippen molar-refractivity contribution in [3.05, 3.63) is 0 Å². The van der Waals surface area contributed by atoms with Crippen molar-refractivity contribution in [2.45, 2.75) is 26.2 Å². The molecule has 0 spiro atoms. The Balaban J connectivity index is 1.81. The fourth-order valence-electron chi connectivity index (χ4n) is 1.68. The Hall–Kier alpha value is -0.180. The summed E-state index contributed by atoms with van der Waals surface area (Å²) in [7, 11) is 0. The van der Waals surface area contributed by atoms with Gasteiger partial charge in [0, 0.05) is 31.0 Å². The summed E-state index contributed by atoms with van der Waals surface area (Å²) in [5.74, 6) is 2.64. The number of hydrogen-bond donors (Lipinski definition) is 0. The van der Waals surface area contributed by atoms with Gasteiger partial charge in [0.15, 0.2) is 0 Å². The molecule has 1 aliphatic carbocycles. The lowest BCUT2D eigenvalue weighted by atomic mass is 10.1. The van der Waals surface area contributed by atoms with Crippen LogP contribution in [0.3, 0.4) is 0 Å². The Morgan fingerprint density at radius 2 is 2.00 bits per heavy atom. The third kappa shape index (κ3) is 2.39. The van der Waals surface area contributed by atoms with E-state index in [0.717, 1.165) is 31.0 Å². The Kier molecular flexibility index (Phi) is 2.54. The first-order chi connectivity index (χ1) is 6.20. The zero-order valence-electron chi connectivity index (χ0n) is 8.21. The van der Waals surface area contributed by atoms with E-state index in [1.54, 1.807) is 0 Å². The third-order valence-corrected chi connectivity index (χ3v) is 3.99. The van der Waals surface area contributed by atoms with Crippen molar-refractivity contribution in [2.24, 2.45) is 5.41 Å². The fourth-order valence-corrected chi connectivity index (χ4v) is 2.58. The van der Waals surface area contributed by atoms with Gasteiger partial charge < -0.3 is 4.90 Å². The molecule has 3 heteroatoms. The van der Waals surface area contributed by atoms with Gasteiger partial charge in [-0.1, -0.05) is 6.92 Å². The van der Waals surface area contributed by atoms with E-state index in [-0.39, 0.29) is 0 Å². The molecule has 0 bridgehead atoms. The van der Waals surface area contributed by atoms with E-state index < -0.39 is 0 Å². The summed E-state index contributed by atoms with van der Waals surface area (Å²) >= 11 is 1.96. The molecule has 2 rings (SSSR count). The average Bonchev–Trinajstić information content (AvgIpc) is 2.85. The van der Waals surface area contributed by atoms with E-state index in [4.69, 9.17) is 0 Å². The third-order valence-electron chi connectivity index (χ3n) is 3.05. The largest absolute Gasteiger partial charge is 0.341 e. The molecule has 0 radical (unpaired) electrons. The Morgan fingerprint density at radius 3 is 2.54 bits per heavy atom. The summed E-state index contributed by atoms with van der Waals surface area (Å²) in [6.45, 7) is 4.17. The van der Waals surface area contributed by atoms with E-state index in [2.05, 4.69) is 6.92 Å². The summed E-state index contributed by atoms with van der Waals surface area (Å²) in [4.78, 5) is 13.8. The lowest BCUT2D eigenvalue weighted by Crippen LogP contribution is -2.38. The van der Waals surface area contributed by atoms with E-state index in [1.807, 2.05) is 16.7 Å². The molecule has 1 heterocycles. The van der Waals surface area contributed by atoms with Crippen LogP contribution in [0.25, 0.3) is 0 Å². The van der Waals surface area contributed by atoms with Gasteiger partial charge in [-0.2, -0.15) is 11.8 Å². The molecule has 0 atom stereocenters. The summed E-state index contributed by atoms with van der Waals surface area (Å²) in [5.41, 5.74) is 0.377. The second-order valence-electron chi connectivity index (χ2n) is 4.48. The van der Waals surface area contributed by atoms with Crippen LogP contribution in [0.2, 0.25) is 0 Å². The van der Waals surface area contributed by atoms with Crippen LogP contribution in [-0.2, 0) is 4.79 Å². The molecule has 0 N–H and O–H groups in total. The van der Waals surface area contributed by atoms with Crippen LogP contribution in [0.15, 0.2) is 0 Å². The van der Waals surface area contributed by atoms with Crippen LogP contribution in [0.1, 0.15) is 26.2 Å². The van der Waals surface area contributed by atoms with E-state index in [1.165, 1.54) is 12.8 Å². The van der Waals surface area contributed by atoms with Crippen LogP contribution >= 0.6 is 11.8 Å². The van der Waals surface area contributed by atoms with Gasteiger partial charge in [0.1, 0.15) is 0 Å². The van der Waals surface area contributed by atoms with Crippen LogP contribution < -0.4 is 0 Å². The number of hydrogen-bond acceptors (Lipinski definition) is 2. The summed E-state index contributed by atoms with van der Waals surface area (Å²) in [6.07, 6.45) is 3.29. The molecule has 1 amide bonds. The number of thioether (sulfide) groups is 1. The predicted octanol–water partition coefficient (Wildman–Crippen LogP) is 1.75. The number of rotatable bonds is 2. The highest BCUT2D eigenvalue weighted by Gasteiger charge is 2.40. The lowest BCUT2D eigenvalue weighted by Gasteiger charge is -2.27. The second kappa shape index (κ2) is 3.52. The molecule has 1 aliphatic heterocycles. The number of nitrogens with zero attached hydrogens (tertiary/aromatic N) is 1. The molecule has 0 aromatic rings. The van der Waals surface area contributed by atoms with Crippen LogP contribution in [0.4, 0.5) is 0 Å². The topological polar surface area (TPSA) is 20.3 Å². The molecule has 13 heavy (non-hydrogen) atoms. The van der Waals surface area contributed by atoms with Crippen molar-refractivity contribution >= 4 is 17.7 Å². The maximum Gasteiger partial charge on any atom is 0.223 e. The first kappa shape index (κ1) is 9.38. The zero-order valence-corrected chi connectivity index (χ0v) is 9.03. The van der Waals surface area contributed by atoms with Gasteiger partial charge in [-0.3, -0.25) is 4.79 Å². The maximum absolute atomic E-state index is 11.8. The Morgan fingerprint density at radius 1 is 1.38 bits per heavy atom. The second-order valence-corrected chi connectivity index (χ2v) is 5.71. The molecular formula is C10H17NOS. The molecule has 0 unspecified atom stereocenters. The van der Waals surface area contributed by atoms with Crippen molar-refractivity contribution in [2.75, 3.05) is 24.6 Å². The van der Waals surface area contributed by atoms with Gasteiger partial charge in [0.05, 0.1) is 0 Å². The molecule has 1 saturated heterocycles. The molecular weight excluding hydrogens is 182 g/mol. The summed E-state index contributed by atoms with van der Waals surface area (Å²) in [6, 6.07) is 0. The fraction of sp³-hybridized carbons (Fsp3) is 0.900. The van der Waals surface area contributed by atoms with Gasteiger partial charge >= 0.3 is 0 Å². The first-order valence-electron chi connectivity index (χ1n) is 5.05. The molecule has 1 saturated carbocycles. The van der Waals surface area contributed by atoms with Crippen molar-refractivity contribution in [1.82, 2.24) is 4.90 Å². The van der Waals surface area contributed by atoms with Crippen molar-refractivity contribution in [1.29, 1.82) is 0 Å². The molecule has 0 aromatic carbocycles. The van der Waals surface area contributed by atoms with Gasteiger partial charge in [0.25, 0.3) is 0 Å². The van der Waals surface area contributed by atoms with Crippen LogP contribution in [0.5, 0.6) is 0 Å². The Bertz CT molecular complexity index is 207. The van der Waals surface area contributed by atoms with Crippen LogP contribution in [0, 0.1) is 5.41 Å². The monoisotopic (exact) mass is 199 g/mol. The number of carbonyl (C=O) groups is 1. The average molecular weight is 199 g/mol. The van der Waals surface area contributed by atoms with E-state index >= 15 is 0 Å². The van der Waals surface area contributed by atoms with Gasteiger partial charge in [-0.15, -0.1) is 0 Å². The van der Waals surface area contributed by atoms with Crippen LogP contribution in [-0.4, -0.2) is 35.4 Å².